The monoisotopic (exact) mass is 568 g/mol. The number of ether oxygens (including phenoxy) is 2. The Kier molecular flexibility index (Phi) is 11.7. The summed E-state index contributed by atoms with van der Waals surface area (Å²) in [5.74, 6) is 1.64. The number of halogens is 2. The highest BCUT2D eigenvalue weighted by molar-refractivity contribution is 14.0. The fourth-order valence-corrected chi connectivity index (χ4v) is 2.93. The van der Waals surface area contributed by atoms with Crippen LogP contribution in [0.3, 0.4) is 0 Å². The lowest BCUT2D eigenvalue weighted by Crippen LogP contribution is -2.30. The minimum absolute atomic E-state index is 0. The molecule has 0 fully saturated rings. The van der Waals surface area contributed by atoms with Crippen molar-refractivity contribution in [2.75, 3.05) is 38.7 Å². The van der Waals surface area contributed by atoms with E-state index in [-0.39, 0.29) is 29.8 Å². The van der Waals surface area contributed by atoms with Gasteiger partial charge in [-0.2, -0.15) is 0 Å². The standard InChI is InChI=1S/C24H29FN4O3.HI/c1-3-26-24(29-20-6-4-7-22(16-20)31-15-5-14-30-2)27-13-12-21-17-32-23(28-21)18-8-10-19(25)11-9-18;/h4,6-11,16-17H,3,5,12-15H2,1-2H3,(H2,26,27,29);1H. The van der Waals surface area contributed by atoms with Crippen molar-refractivity contribution < 1.29 is 18.3 Å². The van der Waals surface area contributed by atoms with Crippen molar-refractivity contribution >= 4 is 35.6 Å². The quantitative estimate of drug-likeness (QED) is 0.145. The lowest BCUT2D eigenvalue weighted by atomic mass is 10.2. The van der Waals surface area contributed by atoms with Crippen molar-refractivity contribution in [3.63, 3.8) is 0 Å². The molecule has 1 aromatic heterocycles. The number of nitrogens with zero attached hydrogens (tertiary/aromatic N) is 2. The van der Waals surface area contributed by atoms with E-state index in [1.54, 1.807) is 25.5 Å². The van der Waals surface area contributed by atoms with E-state index in [2.05, 4.69) is 20.6 Å². The smallest absolute Gasteiger partial charge is 0.226 e. The maximum atomic E-state index is 13.1. The zero-order valence-electron chi connectivity index (χ0n) is 18.8. The van der Waals surface area contributed by atoms with E-state index < -0.39 is 0 Å². The zero-order valence-corrected chi connectivity index (χ0v) is 21.2. The summed E-state index contributed by atoms with van der Waals surface area (Å²) in [6.45, 7) is 4.55. The average molecular weight is 568 g/mol. The molecule has 2 N–H and O–H groups in total. The highest BCUT2D eigenvalue weighted by atomic mass is 127. The Labute approximate surface area is 210 Å². The van der Waals surface area contributed by atoms with Crippen LogP contribution in [0, 0.1) is 5.82 Å². The molecule has 9 heteroatoms. The summed E-state index contributed by atoms with van der Waals surface area (Å²) in [4.78, 5) is 9.09. The van der Waals surface area contributed by atoms with E-state index in [9.17, 15) is 4.39 Å². The SMILES string of the molecule is CCNC(=NCCc1coc(-c2ccc(F)cc2)n1)Nc1cccc(OCCCOC)c1.I. The molecule has 0 saturated carbocycles. The van der Waals surface area contributed by atoms with Gasteiger partial charge in [0, 0.05) is 57.0 Å². The van der Waals surface area contributed by atoms with Gasteiger partial charge in [-0.1, -0.05) is 6.07 Å². The molecule has 0 spiro atoms. The van der Waals surface area contributed by atoms with Gasteiger partial charge in [0.15, 0.2) is 5.96 Å². The molecular weight excluding hydrogens is 538 g/mol. The van der Waals surface area contributed by atoms with Gasteiger partial charge in [-0.3, -0.25) is 4.99 Å². The Balaban J connectivity index is 0.00000385. The first-order valence-electron chi connectivity index (χ1n) is 10.7. The van der Waals surface area contributed by atoms with E-state index in [0.29, 0.717) is 38.0 Å². The second-order valence-corrected chi connectivity index (χ2v) is 7.01. The second-order valence-electron chi connectivity index (χ2n) is 7.01. The molecule has 7 nitrogen and oxygen atoms in total. The van der Waals surface area contributed by atoms with E-state index in [4.69, 9.17) is 13.9 Å². The van der Waals surface area contributed by atoms with Gasteiger partial charge in [-0.05, 0) is 43.3 Å². The molecule has 0 bridgehead atoms. The molecular formula is C24H30FIN4O3. The Morgan fingerprint density at radius 1 is 1.15 bits per heavy atom. The van der Waals surface area contributed by atoms with Crippen LogP contribution in [-0.2, 0) is 11.2 Å². The highest BCUT2D eigenvalue weighted by Crippen LogP contribution is 2.19. The number of guanidine groups is 1. The van der Waals surface area contributed by atoms with Crippen molar-refractivity contribution in [1.29, 1.82) is 0 Å². The lowest BCUT2D eigenvalue weighted by Gasteiger charge is -2.12. The van der Waals surface area contributed by atoms with Gasteiger partial charge >= 0.3 is 0 Å². The topological polar surface area (TPSA) is 80.9 Å². The minimum atomic E-state index is -0.290. The molecule has 0 unspecified atom stereocenters. The van der Waals surface area contributed by atoms with Gasteiger partial charge in [0.1, 0.15) is 17.8 Å². The summed E-state index contributed by atoms with van der Waals surface area (Å²) in [6.07, 6.45) is 3.06. The summed E-state index contributed by atoms with van der Waals surface area (Å²) in [5, 5.41) is 6.53. The second kappa shape index (κ2) is 14.5. The Hall–Kier alpha value is -2.66. The van der Waals surface area contributed by atoms with E-state index in [0.717, 1.165) is 35.7 Å². The van der Waals surface area contributed by atoms with Crippen LogP contribution in [0.15, 0.2) is 64.2 Å². The molecule has 0 saturated heterocycles. The summed E-state index contributed by atoms with van der Waals surface area (Å²) in [5.41, 5.74) is 2.41. The van der Waals surface area contributed by atoms with Gasteiger partial charge in [0.05, 0.1) is 12.3 Å². The number of hydrogen-bond donors (Lipinski definition) is 2. The van der Waals surface area contributed by atoms with E-state index in [1.165, 1.54) is 12.1 Å². The molecule has 3 rings (SSSR count). The molecule has 178 valence electrons. The summed E-state index contributed by atoms with van der Waals surface area (Å²) in [7, 11) is 1.68. The molecule has 1 heterocycles. The van der Waals surface area contributed by atoms with Gasteiger partial charge in [0.2, 0.25) is 5.89 Å². The average Bonchev–Trinajstić information content (AvgIpc) is 3.26. The molecule has 33 heavy (non-hydrogen) atoms. The van der Waals surface area contributed by atoms with Gasteiger partial charge in [0.25, 0.3) is 0 Å². The number of oxazole rings is 1. The molecule has 0 amide bonds. The van der Waals surface area contributed by atoms with Crippen molar-refractivity contribution in [2.45, 2.75) is 19.8 Å². The molecule has 0 aliphatic carbocycles. The number of methoxy groups -OCH3 is 1. The number of nitrogens with one attached hydrogen (secondary N) is 2. The first-order chi connectivity index (χ1) is 15.7. The fraction of sp³-hybridized carbons (Fsp3) is 0.333. The van der Waals surface area contributed by atoms with Gasteiger partial charge < -0.3 is 24.5 Å². The first-order valence-corrected chi connectivity index (χ1v) is 10.7. The molecule has 2 aromatic carbocycles. The van der Waals surface area contributed by atoms with Crippen LogP contribution in [0.2, 0.25) is 0 Å². The molecule has 3 aromatic rings. The van der Waals surface area contributed by atoms with Crippen molar-refractivity contribution in [3.05, 3.63) is 66.3 Å². The van der Waals surface area contributed by atoms with Crippen molar-refractivity contribution in [1.82, 2.24) is 10.3 Å². The van der Waals surface area contributed by atoms with Gasteiger partial charge in [-0.25, -0.2) is 9.37 Å². The Bertz CT molecular complexity index is 995. The number of anilines is 1. The number of aromatic nitrogens is 1. The Morgan fingerprint density at radius 3 is 2.73 bits per heavy atom. The van der Waals surface area contributed by atoms with Crippen molar-refractivity contribution in [3.8, 4) is 17.2 Å². The van der Waals surface area contributed by atoms with Crippen LogP contribution >= 0.6 is 24.0 Å². The zero-order chi connectivity index (χ0) is 22.6. The predicted octanol–water partition coefficient (Wildman–Crippen LogP) is 5.13. The third-order valence-electron chi connectivity index (χ3n) is 4.48. The predicted molar refractivity (Wildman–Crippen MR) is 139 cm³/mol. The van der Waals surface area contributed by atoms with Crippen LogP contribution in [0.1, 0.15) is 19.0 Å². The fourth-order valence-electron chi connectivity index (χ4n) is 2.93. The normalized spacial score (nSPS) is 11.1. The van der Waals surface area contributed by atoms with E-state index >= 15 is 0 Å². The van der Waals surface area contributed by atoms with Crippen LogP contribution in [0.5, 0.6) is 5.75 Å². The van der Waals surface area contributed by atoms with Crippen molar-refractivity contribution in [2.24, 2.45) is 4.99 Å². The molecule has 0 aliphatic rings. The third kappa shape index (κ3) is 9.01. The molecule has 0 aliphatic heterocycles. The maximum Gasteiger partial charge on any atom is 0.226 e. The summed E-state index contributed by atoms with van der Waals surface area (Å²) < 4.78 is 29.4. The number of hydrogen-bond acceptors (Lipinski definition) is 5. The lowest BCUT2D eigenvalue weighted by molar-refractivity contribution is 0.172. The maximum absolute atomic E-state index is 13.1. The summed E-state index contributed by atoms with van der Waals surface area (Å²) >= 11 is 0. The summed E-state index contributed by atoms with van der Waals surface area (Å²) in [6, 6.07) is 13.8. The third-order valence-corrected chi connectivity index (χ3v) is 4.48. The van der Waals surface area contributed by atoms with Crippen LogP contribution < -0.4 is 15.4 Å². The molecule has 0 atom stereocenters. The highest BCUT2D eigenvalue weighted by Gasteiger charge is 2.07. The van der Waals surface area contributed by atoms with Crippen LogP contribution in [-0.4, -0.2) is 44.4 Å². The Morgan fingerprint density at radius 2 is 1.97 bits per heavy atom. The van der Waals surface area contributed by atoms with Gasteiger partial charge in [-0.15, -0.1) is 24.0 Å². The number of aliphatic imine (C=N–C) groups is 1. The molecule has 0 radical (unpaired) electrons. The van der Waals surface area contributed by atoms with Crippen LogP contribution in [0.25, 0.3) is 11.5 Å². The first kappa shape index (κ1) is 26.6. The van der Waals surface area contributed by atoms with E-state index in [1.807, 2.05) is 31.2 Å². The number of rotatable bonds is 11. The minimum Gasteiger partial charge on any atom is -0.493 e. The van der Waals surface area contributed by atoms with Crippen LogP contribution in [0.4, 0.5) is 10.1 Å². The number of benzene rings is 2. The largest absolute Gasteiger partial charge is 0.493 e.